The van der Waals surface area contributed by atoms with Crippen LogP contribution in [-0.2, 0) is 41.3 Å². The standard InChI is InChI=1S/C57H69F4N9O10S/c1-33-28-69(29-34(2)68(33)7)46-15-13-38(23-45(46)66-53(75)42-27-63-48(72)25-43(42)57(59,60)61)41-14-12-39(22-44(41)58)52(74)62-16-17-78-18-19-79-20-21-80-31-49(73)67-51(56(4,5)6)55(77)70-30-40(71)24-47(70)54(76)64-26-36-8-10-37(11-9-36)50-35(3)65-32-81-50/h8-15,22-23,25,27,32-34,40,47,51,71H,16-21,24,26,28-31H2,1-7H3,(H,62,74)(H,63,72)(H,64,76)(H,66,75)(H,67,73)/t33-,34+,40-,47+,51-/m1/s1. The van der Waals surface area contributed by atoms with Crippen LogP contribution < -0.4 is 31.7 Å². The molecule has 5 aromatic rings. The van der Waals surface area contributed by atoms with Crippen molar-refractivity contribution in [3.8, 4) is 21.6 Å². The number of alkyl halides is 3. The second-order valence-corrected chi connectivity index (χ2v) is 22.1. The van der Waals surface area contributed by atoms with Crippen molar-refractivity contribution in [1.82, 2.24) is 35.7 Å². The number of pyridine rings is 1. The van der Waals surface area contributed by atoms with Gasteiger partial charge in [0.1, 0.15) is 24.5 Å². The van der Waals surface area contributed by atoms with Crippen molar-refractivity contribution in [2.75, 3.05) is 83.1 Å². The molecule has 2 aliphatic rings. The molecular formula is C57H69F4N9O10S. The van der Waals surface area contributed by atoms with Gasteiger partial charge < -0.3 is 55.4 Å². The van der Waals surface area contributed by atoms with Gasteiger partial charge >= 0.3 is 6.18 Å². The molecule has 3 aromatic carbocycles. The Hall–Kier alpha value is -7.09. The fourth-order valence-corrected chi connectivity index (χ4v) is 10.4. The van der Waals surface area contributed by atoms with Crippen LogP contribution in [0, 0.1) is 18.2 Å². The predicted molar refractivity (Wildman–Crippen MR) is 297 cm³/mol. The molecule has 2 aliphatic heterocycles. The van der Waals surface area contributed by atoms with E-state index in [4.69, 9.17) is 14.2 Å². The molecule has 0 radical (unpaired) electrons. The molecule has 2 saturated heterocycles. The number of carbonyl (C=O) groups is 5. The third kappa shape index (κ3) is 16.1. The van der Waals surface area contributed by atoms with Gasteiger partial charge in [-0.25, -0.2) is 9.37 Å². The SMILES string of the molecule is Cc1ncsc1-c1ccc(CNC(=O)[C@@H]2C[C@@H](O)CN2C(=O)[C@@H](NC(=O)COCCOCCOCCNC(=O)c2ccc(-c3ccc(N4C[C@@H](C)N(C)[C@@H](C)C4)c(NC(=O)c4c[nH]c(=O)cc4C(F)(F)F)c3)c(F)c2)C(C)(C)C)cc1. The Balaban J connectivity index is 0.822. The Labute approximate surface area is 470 Å². The number of aliphatic hydroxyl groups excluding tert-OH is 1. The van der Waals surface area contributed by atoms with Gasteiger partial charge in [0, 0.05) is 74.6 Å². The number of β-amino-alcohol motifs (C(OH)–C–C–N with tert-alkyl or cyclic N) is 1. The van der Waals surface area contributed by atoms with Crippen molar-refractivity contribution < 1.29 is 60.9 Å². The molecule has 81 heavy (non-hydrogen) atoms. The average molecular weight is 1150 g/mol. The van der Waals surface area contributed by atoms with Crippen molar-refractivity contribution in [1.29, 1.82) is 0 Å². The minimum Gasteiger partial charge on any atom is -0.391 e. The fraction of sp³-hybridized carbons (Fsp3) is 0.456. The number of piperazine rings is 1. The zero-order valence-corrected chi connectivity index (χ0v) is 47.0. The first-order valence-electron chi connectivity index (χ1n) is 26.5. The summed E-state index contributed by atoms with van der Waals surface area (Å²) in [5, 5.41) is 21.4. The van der Waals surface area contributed by atoms with Crippen LogP contribution in [0.15, 0.2) is 83.2 Å². The van der Waals surface area contributed by atoms with Crippen LogP contribution in [0.2, 0.25) is 0 Å². The number of hydrogen-bond acceptors (Lipinski definition) is 14. The molecule has 0 unspecified atom stereocenters. The minimum atomic E-state index is -5.00. The van der Waals surface area contributed by atoms with Crippen LogP contribution in [0.1, 0.15) is 78.6 Å². The summed E-state index contributed by atoms with van der Waals surface area (Å²) in [6, 6.07) is 14.8. The number of likely N-dealkylation sites (tertiary alicyclic amines) is 1. The molecule has 0 spiro atoms. The summed E-state index contributed by atoms with van der Waals surface area (Å²) in [5.41, 5.74) is 1.54. The topological polar surface area (TPSA) is 237 Å². The number of benzene rings is 3. The summed E-state index contributed by atoms with van der Waals surface area (Å²) in [5.74, 6) is -3.97. The van der Waals surface area contributed by atoms with E-state index in [0.717, 1.165) is 27.8 Å². The molecule has 5 amide bonds. The Morgan fingerprint density at radius 1 is 0.852 bits per heavy atom. The van der Waals surface area contributed by atoms with Gasteiger partial charge in [0.25, 0.3) is 11.8 Å². The first-order valence-corrected chi connectivity index (χ1v) is 27.4. The summed E-state index contributed by atoms with van der Waals surface area (Å²) < 4.78 is 74.2. The van der Waals surface area contributed by atoms with E-state index in [1.807, 2.05) is 57.0 Å². The molecule has 24 heteroatoms. The van der Waals surface area contributed by atoms with E-state index in [0.29, 0.717) is 31.0 Å². The number of aromatic amines is 1. The molecule has 5 atom stereocenters. The third-order valence-corrected chi connectivity index (χ3v) is 15.2. The van der Waals surface area contributed by atoms with Crippen LogP contribution in [0.3, 0.4) is 0 Å². The molecule has 7 rings (SSSR count). The van der Waals surface area contributed by atoms with Crippen molar-refractivity contribution in [3.63, 3.8) is 0 Å². The number of aromatic nitrogens is 2. The second-order valence-electron chi connectivity index (χ2n) is 21.2. The van der Waals surface area contributed by atoms with E-state index in [-0.39, 0.29) is 100 Å². The summed E-state index contributed by atoms with van der Waals surface area (Å²) in [7, 11) is 1.98. The molecule has 0 bridgehead atoms. The molecule has 19 nitrogen and oxygen atoms in total. The number of nitrogens with zero attached hydrogens (tertiary/aromatic N) is 4. The number of rotatable bonds is 22. The van der Waals surface area contributed by atoms with Crippen LogP contribution in [0.5, 0.6) is 0 Å². The summed E-state index contributed by atoms with van der Waals surface area (Å²) >= 11 is 1.55. The number of hydrogen-bond donors (Lipinski definition) is 6. The maximum absolute atomic E-state index is 15.8. The fourth-order valence-electron chi connectivity index (χ4n) is 9.58. The molecule has 2 aromatic heterocycles. The molecule has 0 aliphatic carbocycles. The van der Waals surface area contributed by atoms with Crippen LogP contribution in [0.25, 0.3) is 21.6 Å². The van der Waals surface area contributed by atoms with Gasteiger partial charge in [-0.2, -0.15) is 13.2 Å². The lowest BCUT2D eigenvalue weighted by atomic mass is 9.85. The number of thiazole rings is 1. The largest absolute Gasteiger partial charge is 0.417 e. The zero-order valence-electron chi connectivity index (χ0n) is 46.2. The van der Waals surface area contributed by atoms with Crippen LogP contribution in [0.4, 0.5) is 28.9 Å². The van der Waals surface area contributed by atoms with Gasteiger partial charge in [-0.3, -0.25) is 33.7 Å². The highest BCUT2D eigenvalue weighted by molar-refractivity contribution is 7.13. The first-order chi connectivity index (χ1) is 38.4. The van der Waals surface area contributed by atoms with E-state index >= 15 is 4.39 Å². The summed E-state index contributed by atoms with van der Waals surface area (Å²) in [6.45, 7) is 12.8. The lowest BCUT2D eigenvalue weighted by molar-refractivity contribution is -0.144. The number of carbonyl (C=O) groups excluding carboxylic acids is 5. The van der Waals surface area contributed by atoms with Gasteiger partial charge in [-0.1, -0.05) is 57.2 Å². The van der Waals surface area contributed by atoms with E-state index in [2.05, 4.69) is 36.1 Å². The Morgan fingerprint density at radius 2 is 1.52 bits per heavy atom. The maximum atomic E-state index is 15.8. The van der Waals surface area contributed by atoms with Gasteiger partial charge in [-0.05, 0) is 74.2 Å². The van der Waals surface area contributed by atoms with E-state index < -0.39 is 81.8 Å². The summed E-state index contributed by atoms with van der Waals surface area (Å²) in [4.78, 5) is 91.8. The first kappa shape index (κ1) is 61.5. The van der Waals surface area contributed by atoms with Gasteiger partial charge in [0.2, 0.25) is 23.3 Å². The van der Waals surface area contributed by atoms with E-state index in [9.17, 15) is 47.0 Å². The van der Waals surface area contributed by atoms with Gasteiger partial charge in [0.15, 0.2) is 0 Å². The van der Waals surface area contributed by atoms with Gasteiger partial charge in [0.05, 0.1) is 77.7 Å². The molecular weight excluding hydrogens is 1080 g/mol. The second kappa shape index (κ2) is 27.1. The molecule has 2 fully saturated rings. The molecule has 4 heterocycles. The number of ether oxygens (including phenoxy) is 3. The van der Waals surface area contributed by atoms with E-state index in [1.165, 1.54) is 23.1 Å². The number of aryl methyl sites for hydroxylation is 1. The Bertz CT molecular complexity index is 3080. The Morgan fingerprint density at radius 3 is 2.16 bits per heavy atom. The average Bonchev–Trinajstić information content (AvgIpc) is 4.22. The van der Waals surface area contributed by atoms with Crippen LogP contribution in [-0.4, -0.2) is 158 Å². The van der Waals surface area contributed by atoms with Crippen molar-refractivity contribution >= 4 is 52.2 Å². The van der Waals surface area contributed by atoms with Crippen molar-refractivity contribution in [2.45, 2.75) is 91.0 Å². The third-order valence-electron chi connectivity index (χ3n) is 14.2. The zero-order chi connectivity index (χ0) is 58.8. The van der Waals surface area contributed by atoms with Crippen molar-refractivity contribution in [3.05, 3.63) is 123 Å². The highest BCUT2D eigenvalue weighted by Gasteiger charge is 2.45. The minimum absolute atomic E-state index is 0.00842. The number of anilines is 2. The van der Waals surface area contributed by atoms with E-state index in [1.54, 1.807) is 49.8 Å². The lowest BCUT2D eigenvalue weighted by Gasteiger charge is -2.44. The molecule has 6 N–H and O–H groups in total. The lowest BCUT2D eigenvalue weighted by Crippen LogP contribution is -2.58. The highest BCUT2D eigenvalue weighted by Crippen LogP contribution is 2.37. The Kier molecular flexibility index (Phi) is 20.6. The molecule has 436 valence electrons. The number of halogens is 4. The number of amides is 5. The van der Waals surface area contributed by atoms with Crippen LogP contribution >= 0.6 is 11.3 Å². The maximum Gasteiger partial charge on any atom is 0.417 e. The monoisotopic (exact) mass is 1150 g/mol. The quantitative estimate of drug-likeness (QED) is 0.0345. The number of H-pyrrole nitrogens is 1. The smallest absolute Gasteiger partial charge is 0.391 e. The number of likely N-dealkylation sites (N-methyl/N-ethyl adjacent to an activating group) is 1. The van der Waals surface area contributed by atoms with Gasteiger partial charge in [-0.15, -0.1) is 11.3 Å². The predicted octanol–water partition coefficient (Wildman–Crippen LogP) is 6.00. The summed E-state index contributed by atoms with van der Waals surface area (Å²) in [6.07, 6.45) is -5.17. The highest BCUT2D eigenvalue weighted by atomic mass is 32.1. The normalized spacial score (nSPS) is 18.1. The number of nitrogens with one attached hydrogen (secondary N) is 5. The van der Waals surface area contributed by atoms with Crippen molar-refractivity contribution in [2.24, 2.45) is 5.41 Å². The number of aliphatic hydroxyl groups is 1. The molecule has 0 saturated carbocycles.